The number of piperidine rings is 1. The number of carbonyl (C=O) groups excluding carboxylic acids is 1. The van der Waals surface area contributed by atoms with E-state index < -0.39 is 21.9 Å². The lowest BCUT2D eigenvalue weighted by molar-refractivity contribution is -0.141. The largest absolute Gasteiger partial charge is 0.497 e. The summed E-state index contributed by atoms with van der Waals surface area (Å²) < 4.78 is 31.8. The van der Waals surface area contributed by atoms with Crippen LogP contribution in [0.3, 0.4) is 0 Å². The van der Waals surface area contributed by atoms with Crippen molar-refractivity contribution in [2.45, 2.75) is 24.7 Å². The SMILES string of the molecule is COc1ccc(S(=O)(=O)N2CCC(C(=O)NCC(C)C(=O)O)CC2)cc1. The smallest absolute Gasteiger partial charge is 0.308 e. The van der Waals surface area contributed by atoms with Crippen molar-refractivity contribution in [1.29, 1.82) is 0 Å². The number of methoxy groups -OCH3 is 1. The van der Waals surface area contributed by atoms with Gasteiger partial charge in [0.05, 0.1) is 17.9 Å². The van der Waals surface area contributed by atoms with Crippen LogP contribution >= 0.6 is 0 Å². The van der Waals surface area contributed by atoms with Crippen LogP contribution in [-0.2, 0) is 19.6 Å². The van der Waals surface area contributed by atoms with E-state index in [1.807, 2.05) is 0 Å². The highest BCUT2D eigenvalue weighted by Crippen LogP contribution is 2.25. The summed E-state index contributed by atoms with van der Waals surface area (Å²) in [4.78, 5) is 23.1. The van der Waals surface area contributed by atoms with Gasteiger partial charge in [-0.25, -0.2) is 8.42 Å². The third-order valence-corrected chi connectivity index (χ3v) is 6.44. The zero-order valence-electron chi connectivity index (χ0n) is 14.8. The van der Waals surface area contributed by atoms with E-state index in [0.717, 1.165) is 0 Å². The van der Waals surface area contributed by atoms with Crippen molar-refractivity contribution in [3.63, 3.8) is 0 Å². The van der Waals surface area contributed by atoms with E-state index >= 15 is 0 Å². The van der Waals surface area contributed by atoms with Crippen LogP contribution in [0, 0.1) is 11.8 Å². The first-order valence-corrected chi connectivity index (χ1v) is 9.84. The molecule has 144 valence electrons. The molecule has 0 bridgehead atoms. The van der Waals surface area contributed by atoms with Gasteiger partial charge in [0.15, 0.2) is 0 Å². The minimum absolute atomic E-state index is 0.0680. The summed E-state index contributed by atoms with van der Waals surface area (Å²) >= 11 is 0. The molecule has 26 heavy (non-hydrogen) atoms. The average molecular weight is 384 g/mol. The second-order valence-electron chi connectivity index (χ2n) is 6.34. The number of carbonyl (C=O) groups is 2. The molecule has 0 radical (unpaired) electrons. The lowest BCUT2D eigenvalue weighted by atomic mass is 9.97. The molecule has 1 aliphatic rings. The summed E-state index contributed by atoms with van der Waals surface area (Å²) in [6.45, 7) is 2.09. The van der Waals surface area contributed by atoms with Gasteiger partial charge in [-0.1, -0.05) is 6.92 Å². The maximum absolute atomic E-state index is 12.7. The van der Waals surface area contributed by atoms with Gasteiger partial charge in [0.1, 0.15) is 5.75 Å². The Morgan fingerprint density at radius 2 is 1.85 bits per heavy atom. The van der Waals surface area contributed by atoms with Gasteiger partial charge in [0.25, 0.3) is 0 Å². The molecule has 1 unspecified atom stereocenters. The molecular weight excluding hydrogens is 360 g/mol. The molecule has 1 aliphatic heterocycles. The molecule has 0 aliphatic carbocycles. The summed E-state index contributed by atoms with van der Waals surface area (Å²) in [5.41, 5.74) is 0. The van der Waals surface area contributed by atoms with Crippen molar-refractivity contribution in [3.8, 4) is 5.75 Å². The van der Waals surface area contributed by atoms with Crippen molar-refractivity contribution < 1.29 is 27.9 Å². The zero-order valence-corrected chi connectivity index (χ0v) is 15.7. The summed E-state index contributed by atoms with van der Waals surface area (Å²) in [5.74, 6) is -1.58. The quantitative estimate of drug-likeness (QED) is 0.723. The van der Waals surface area contributed by atoms with Gasteiger partial charge >= 0.3 is 5.97 Å². The Morgan fingerprint density at radius 3 is 2.35 bits per heavy atom. The van der Waals surface area contributed by atoms with Crippen LogP contribution in [0.15, 0.2) is 29.2 Å². The predicted molar refractivity (Wildman–Crippen MR) is 94.3 cm³/mol. The highest BCUT2D eigenvalue weighted by atomic mass is 32.2. The molecule has 9 heteroatoms. The maximum Gasteiger partial charge on any atom is 0.308 e. The van der Waals surface area contributed by atoms with E-state index in [-0.39, 0.29) is 36.4 Å². The molecule has 1 aromatic rings. The topological polar surface area (TPSA) is 113 Å². The lowest BCUT2D eigenvalue weighted by Gasteiger charge is -2.30. The van der Waals surface area contributed by atoms with Crippen LogP contribution in [0.5, 0.6) is 5.75 Å². The lowest BCUT2D eigenvalue weighted by Crippen LogP contribution is -2.44. The molecule has 2 rings (SSSR count). The summed E-state index contributed by atoms with van der Waals surface area (Å²) in [6, 6.07) is 6.19. The number of sulfonamides is 1. The number of rotatable bonds is 7. The second-order valence-corrected chi connectivity index (χ2v) is 8.28. The molecule has 2 N–H and O–H groups in total. The number of benzene rings is 1. The number of hydrogen-bond donors (Lipinski definition) is 2. The van der Waals surface area contributed by atoms with Crippen molar-refractivity contribution >= 4 is 21.9 Å². The first-order chi connectivity index (χ1) is 12.3. The number of carboxylic acid groups (broad SMARTS) is 1. The van der Waals surface area contributed by atoms with E-state index in [4.69, 9.17) is 9.84 Å². The summed E-state index contributed by atoms with van der Waals surface area (Å²) in [5, 5.41) is 11.5. The van der Waals surface area contributed by atoms with Gasteiger partial charge in [-0.15, -0.1) is 0 Å². The molecule has 1 aromatic carbocycles. The van der Waals surface area contributed by atoms with E-state index in [1.165, 1.54) is 30.5 Å². The first-order valence-electron chi connectivity index (χ1n) is 8.40. The highest BCUT2D eigenvalue weighted by Gasteiger charge is 2.32. The number of hydrogen-bond acceptors (Lipinski definition) is 5. The highest BCUT2D eigenvalue weighted by molar-refractivity contribution is 7.89. The van der Waals surface area contributed by atoms with Crippen LogP contribution in [-0.4, -0.2) is 56.5 Å². The maximum atomic E-state index is 12.7. The molecule has 0 spiro atoms. The Kier molecular flexibility index (Phi) is 6.60. The monoisotopic (exact) mass is 384 g/mol. The van der Waals surface area contributed by atoms with Crippen molar-refractivity contribution in [3.05, 3.63) is 24.3 Å². The van der Waals surface area contributed by atoms with E-state index in [9.17, 15) is 18.0 Å². The Labute approximate surface area is 153 Å². The molecule has 1 atom stereocenters. The fourth-order valence-electron chi connectivity index (χ4n) is 2.74. The van der Waals surface area contributed by atoms with Crippen LogP contribution in [0.1, 0.15) is 19.8 Å². The fourth-order valence-corrected chi connectivity index (χ4v) is 4.21. The van der Waals surface area contributed by atoms with Gasteiger partial charge in [-0.3, -0.25) is 9.59 Å². The van der Waals surface area contributed by atoms with Gasteiger partial charge in [-0.05, 0) is 37.1 Å². The molecule has 1 amide bonds. The third-order valence-electron chi connectivity index (χ3n) is 4.53. The van der Waals surface area contributed by atoms with Crippen LogP contribution < -0.4 is 10.1 Å². The number of carboxylic acids is 1. The average Bonchev–Trinajstić information content (AvgIpc) is 2.65. The second kappa shape index (κ2) is 8.50. The molecular formula is C17H24N2O6S. The summed E-state index contributed by atoms with van der Waals surface area (Å²) in [7, 11) is -2.09. The molecule has 0 aromatic heterocycles. The number of nitrogens with zero attached hydrogens (tertiary/aromatic N) is 1. The molecule has 1 saturated heterocycles. The van der Waals surface area contributed by atoms with Crippen LogP contribution in [0.25, 0.3) is 0 Å². The van der Waals surface area contributed by atoms with Gasteiger partial charge in [0.2, 0.25) is 15.9 Å². The van der Waals surface area contributed by atoms with Crippen molar-refractivity contribution in [1.82, 2.24) is 9.62 Å². The summed E-state index contributed by atoms with van der Waals surface area (Å²) in [6.07, 6.45) is 0.811. The normalized spacial score (nSPS) is 17.5. The number of aliphatic carboxylic acids is 1. The predicted octanol–water partition coefficient (Wildman–Crippen LogP) is 0.933. The number of amides is 1. The van der Waals surface area contributed by atoms with Crippen molar-refractivity contribution in [2.24, 2.45) is 11.8 Å². The Bertz CT molecular complexity index is 739. The Hall–Kier alpha value is -2.13. The van der Waals surface area contributed by atoms with Gasteiger partial charge in [-0.2, -0.15) is 4.31 Å². The molecule has 8 nitrogen and oxygen atoms in total. The fraction of sp³-hybridized carbons (Fsp3) is 0.529. The Morgan fingerprint density at radius 1 is 1.27 bits per heavy atom. The van der Waals surface area contributed by atoms with E-state index in [2.05, 4.69) is 5.32 Å². The Balaban J connectivity index is 1.92. The standard InChI is InChI=1S/C17H24N2O6S/c1-12(17(21)22)11-18-16(20)13-7-9-19(10-8-13)26(23,24)15-5-3-14(25-2)4-6-15/h3-6,12-13H,7-11H2,1-2H3,(H,18,20)(H,21,22). The number of nitrogens with one attached hydrogen (secondary N) is 1. The first kappa shape index (κ1) is 20.2. The third kappa shape index (κ3) is 4.73. The molecule has 0 saturated carbocycles. The van der Waals surface area contributed by atoms with Crippen LogP contribution in [0.4, 0.5) is 0 Å². The van der Waals surface area contributed by atoms with Crippen molar-refractivity contribution in [2.75, 3.05) is 26.7 Å². The number of ether oxygens (including phenoxy) is 1. The van der Waals surface area contributed by atoms with Gasteiger partial charge < -0.3 is 15.2 Å². The van der Waals surface area contributed by atoms with Gasteiger partial charge in [0, 0.05) is 25.6 Å². The van der Waals surface area contributed by atoms with Crippen LogP contribution in [0.2, 0.25) is 0 Å². The van der Waals surface area contributed by atoms with E-state index in [1.54, 1.807) is 12.1 Å². The minimum Gasteiger partial charge on any atom is -0.497 e. The molecule has 1 heterocycles. The molecule has 1 fully saturated rings. The van der Waals surface area contributed by atoms with E-state index in [0.29, 0.717) is 18.6 Å². The zero-order chi connectivity index (χ0) is 19.3. The minimum atomic E-state index is -3.60.